The van der Waals surface area contributed by atoms with Crippen LogP contribution < -0.4 is 10.4 Å². The summed E-state index contributed by atoms with van der Waals surface area (Å²) in [4.78, 5) is 16.3. The van der Waals surface area contributed by atoms with Crippen LogP contribution in [-0.2, 0) is 18.8 Å². The zero-order valence-electron chi connectivity index (χ0n) is 20.7. The fraction of sp³-hybridized carbons (Fsp3) is 0.708. The van der Waals surface area contributed by atoms with Crippen molar-refractivity contribution in [2.24, 2.45) is 0 Å². The number of ether oxygens (including phenoxy) is 2. The Morgan fingerprint density at radius 1 is 1.15 bits per heavy atom. The first-order chi connectivity index (χ1) is 15.4. The molecule has 3 fully saturated rings. The Morgan fingerprint density at radius 2 is 1.85 bits per heavy atom. The molecule has 0 N–H and O–H groups in total. The largest absolute Gasteiger partial charge is 0.494 e. The first-order valence-electron chi connectivity index (χ1n) is 11.9. The van der Waals surface area contributed by atoms with Crippen LogP contribution >= 0.6 is 0 Å². The van der Waals surface area contributed by atoms with Gasteiger partial charge in [0.15, 0.2) is 6.29 Å². The molecule has 33 heavy (non-hydrogen) atoms. The van der Waals surface area contributed by atoms with Gasteiger partial charge < -0.3 is 23.7 Å². The monoisotopic (exact) mass is 462 g/mol. The molecule has 3 aliphatic rings. The summed E-state index contributed by atoms with van der Waals surface area (Å²) in [5, 5.41) is 0. The van der Waals surface area contributed by atoms with Gasteiger partial charge >= 0.3 is 13.1 Å². The molecule has 4 rings (SSSR count). The van der Waals surface area contributed by atoms with Crippen molar-refractivity contribution in [1.29, 1.82) is 0 Å². The van der Waals surface area contributed by atoms with Crippen molar-refractivity contribution in [3.8, 4) is 0 Å². The van der Waals surface area contributed by atoms with Crippen molar-refractivity contribution in [1.82, 2.24) is 4.90 Å². The average molecular weight is 462 g/mol. The molecule has 1 atom stereocenters. The number of hydrogen-bond acceptors (Lipinski definition) is 5. The summed E-state index contributed by atoms with van der Waals surface area (Å²) in [6, 6.07) is 4.58. The number of benzene rings is 1. The smallest absolute Gasteiger partial charge is 0.399 e. The van der Waals surface area contributed by atoms with Gasteiger partial charge in [-0.3, -0.25) is 4.90 Å². The van der Waals surface area contributed by atoms with Crippen LogP contribution in [0.1, 0.15) is 60.8 Å². The fourth-order valence-electron chi connectivity index (χ4n) is 4.48. The number of hydrogen-bond donors (Lipinski definition) is 0. The highest BCUT2D eigenvalue weighted by Crippen LogP contribution is 2.37. The Hall–Kier alpha value is -1.68. The van der Waals surface area contributed by atoms with Gasteiger partial charge in [-0.1, -0.05) is 6.07 Å². The fourth-order valence-corrected chi connectivity index (χ4v) is 4.48. The first-order valence-corrected chi connectivity index (χ1v) is 11.9. The van der Waals surface area contributed by atoms with Gasteiger partial charge in [-0.05, 0) is 78.4 Å². The van der Waals surface area contributed by atoms with E-state index in [1.54, 1.807) is 17.0 Å². The maximum Gasteiger partial charge on any atom is 0.494 e. The number of carbonyl (C=O) groups is 1. The van der Waals surface area contributed by atoms with Crippen molar-refractivity contribution in [2.75, 3.05) is 31.1 Å². The first kappa shape index (κ1) is 24.4. The van der Waals surface area contributed by atoms with Crippen LogP contribution in [0, 0.1) is 5.82 Å². The number of carbonyl (C=O) groups excluding carboxylic acids is 1. The Bertz CT molecular complexity index is 872. The van der Waals surface area contributed by atoms with Gasteiger partial charge in [0.25, 0.3) is 0 Å². The predicted octanol–water partition coefficient (Wildman–Crippen LogP) is 3.69. The van der Waals surface area contributed by atoms with Gasteiger partial charge in [0.05, 0.1) is 29.0 Å². The summed E-state index contributed by atoms with van der Waals surface area (Å²) in [7, 11) is -0.649. The quantitative estimate of drug-likeness (QED) is 0.604. The molecule has 1 unspecified atom stereocenters. The maximum absolute atomic E-state index is 15.1. The Labute approximate surface area is 196 Å². The Kier molecular flexibility index (Phi) is 6.55. The third kappa shape index (κ3) is 5.06. The highest BCUT2D eigenvalue weighted by atomic mass is 19.1. The van der Waals surface area contributed by atoms with E-state index in [-0.39, 0.29) is 18.0 Å². The third-order valence-corrected chi connectivity index (χ3v) is 7.04. The molecule has 3 aliphatic heterocycles. The molecular weight excluding hydrogens is 426 g/mol. The molecule has 1 aromatic rings. The van der Waals surface area contributed by atoms with Crippen molar-refractivity contribution >= 4 is 24.3 Å². The molecule has 2 amide bonds. The highest BCUT2D eigenvalue weighted by molar-refractivity contribution is 6.62. The van der Waals surface area contributed by atoms with E-state index in [0.29, 0.717) is 31.7 Å². The lowest BCUT2D eigenvalue weighted by Crippen LogP contribution is -2.45. The minimum absolute atomic E-state index is 0.224. The van der Waals surface area contributed by atoms with Crippen LogP contribution in [0.5, 0.6) is 0 Å². The van der Waals surface area contributed by atoms with Crippen LogP contribution in [0.2, 0.25) is 0 Å². The molecule has 0 aliphatic carbocycles. The number of amides is 2. The average Bonchev–Trinajstić information content (AvgIpc) is 3.17. The lowest BCUT2D eigenvalue weighted by atomic mass is 9.79. The molecule has 182 valence electrons. The second-order valence-corrected chi connectivity index (χ2v) is 10.8. The molecule has 0 radical (unpaired) electrons. The Morgan fingerprint density at radius 3 is 2.45 bits per heavy atom. The lowest BCUT2D eigenvalue weighted by molar-refractivity contribution is -0.217. The van der Waals surface area contributed by atoms with E-state index in [1.165, 1.54) is 11.0 Å². The van der Waals surface area contributed by atoms with Crippen LogP contribution in [0.15, 0.2) is 18.2 Å². The van der Waals surface area contributed by atoms with Gasteiger partial charge in [0, 0.05) is 19.7 Å². The van der Waals surface area contributed by atoms with Crippen molar-refractivity contribution in [2.45, 2.75) is 83.9 Å². The normalized spacial score (nSPS) is 25.2. The van der Waals surface area contributed by atoms with E-state index >= 15 is 4.39 Å². The molecule has 0 bridgehead atoms. The van der Waals surface area contributed by atoms with Crippen molar-refractivity contribution in [3.05, 3.63) is 24.0 Å². The summed E-state index contributed by atoms with van der Waals surface area (Å²) in [5.41, 5.74) is -0.712. The van der Waals surface area contributed by atoms with Crippen molar-refractivity contribution in [3.63, 3.8) is 0 Å². The zero-order chi connectivity index (χ0) is 24.0. The summed E-state index contributed by atoms with van der Waals surface area (Å²) in [6.07, 6.45) is 2.77. The predicted molar refractivity (Wildman–Crippen MR) is 125 cm³/mol. The molecule has 0 saturated carbocycles. The molecule has 7 nitrogen and oxygen atoms in total. The number of rotatable bonds is 6. The second kappa shape index (κ2) is 8.84. The van der Waals surface area contributed by atoms with Crippen LogP contribution in [-0.4, -0.2) is 67.4 Å². The number of urea groups is 1. The van der Waals surface area contributed by atoms with E-state index in [1.807, 2.05) is 41.5 Å². The van der Waals surface area contributed by atoms with E-state index in [0.717, 1.165) is 19.3 Å². The van der Waals surface area contributed by atoms with E-state index in [4.69, 9.17) is 18.8 Å². The molecular formula is C24H36BFN2O5. The zero-order valence-corrected chi connectivity index (χ0v) is 20.7. The molecule has 3 saturated heterocycles. The van der Waals surface area contributed by atoms with Gasteiger partial charge in [-0.25, -0.2) is 9.18 Å². The van der Waals surface area contributed by atoms with Crippen LogP contribution in [0.3, 0.4) is 0 Å². The molecule has 1 aromatic carbocycles. The van der Waals surface area contributed by atoms with Crippen LogP contribution in [0.25, 0.3) is 0 Å². The van der Waals surface area contributed by atoms with Crippen LogP contribution in [0.4, 0.5) is 14.9 Å². The highest BCUT2D eigenvalue weighted by Gasteiger charge is 2.52. The standard InChI is InChI=1S/C24H36BFN2O5/c1-22(2,31-20-9-7-8-14-30-20)16-27-12-13-28(21(27)29)19-11-10-17(15-18(19)26)25-32-23(3,4)24(5,6)33-25/h10-11,15,20H,7-9,12-14,16H2,1-6H3. The van der Waals surface area contributed by atoms with Gasteiger partial charge in [0.1, 0.15) is 5.82 Å². The minimum Gasteiger partial charge on any atom is -0.399 e. The van der Waals surface area contributed by atoms with E-state index in [9.17, 15) is 4.79 Å². The van der Waals surface area contributed by atoms with Gasteiger partial charge in [0.2, 0.25) is 0 Å². The van der Waals surface area contributed by atoms with Crippen molar-refractivity contribution < 1.29 is 28.0 Å². The number of nitrogens with zero attached hydrogens (tertiary/aromatic N) is 2. The van der Waals surface area contributed by atoms with Gasteiger partial charge in [-0.2, -0.15) is 0 Å². The topological polar surface area (TPSA) is 60.5 Å². The van der Waals surface area contributed by atoms with E-state index < -0.39 is 29.7 Å². The van der Waals surface area contributed by atoms with E-state index in [2.05, 4.69) is 0 Å². The summed E-state index contributed by atoms with van der Waals surface area (Å²) < 4.78 is 39.0. The second-order valence-electron chi connectivity index (χ2n) is 10.8. The third-order valence-electron chi connectivity index (χ3n) is 7.04. The van der Waals surface area contributed by atoms with Gasteiger partial charge in [-0.15, -0.1) is 0 Å². The molecule has 0 spiro atoms. The lowest BCUT2D eigenvalue weighted by Gasteiger charge is -2.35. The number of halogens is 1. The Balaban J connectivity index is 1.41. The maximum atomic E-state index is 15.1. The number of anilines is 1. The molecule has 3 heterocycles. The summed E-state index contributed by atoms with van der Waals surface area (Å²) >= 11 is 0. The molecule has 9 heteroatoms. The summed E-state index contributed by atoms with van der Waals surface area (Å²) in [6.45, 7) is 13.8. The minimum atomic E-state index is -0.649. The molecule has 0 aromatic heterocycles. The SMILES string of the molecule is CC(C)(CN1CCN(c2ccc(B3OC(C)(C)C(C)(C)O3)cc2F)C1=O)OC1CCCCO1. The summed E-state index contributed by atoms with van der Waals surface area (Å²) in [5.74, 6) is -0.469.